The van der Waals surface area contributed by atoms with Gasteiger partial charge in [-0.2, -0.15) is 5.10 Å². The van der Waals surface area contributed by atoms with Crippen LogP contribution in [0.4, 0.5) is 5.69 Å². The Bertz CT molecular complexity index is 721. The van der Waals surface area contributed by atoms with E-state index in [9.17, 15) is 9.90 Å². The number of rotatable bonds is 8. The van der Waals surface area contributed by atoms with Crippen LogP contribution in [0.1, 0.15) is 61.3 Å². The van der Waals surface area contributed by atoms with Crippen LogP contribution in [-0.2, 0) is 6.61 Å². The predicted octanol–water partition coefficient (Wildman–Crippen LogP) is 3.70. The molecule has 6 nitrogen and oxygen atoms in total. The van der Waals surface area contributed by atoms with Gasteiger partial charge in [-0.15, -0.1) is 0 Å². The van der Waals surface area contributed by atoms with Crippen LogP contribution < -0.4 is 10.1 Å². The minimum absolute atomic E-state index is 0.148. The summed E-state index contributed by atoms with van der Waals surface area (Å²) in [5, 5.41) is 16.7. The second-order valence-corrected chi connectivity index (χ2v) is 5.93. The fourth-order valence-electron chi connectivity index (χ4n) is 2.92. The molecule has 0 saturated heterocycles. The zero-order chi connectivity index (χ0) is 18.4. The average Bonchev–Trinajstić information content (AvgIpc) is 2.99. The van der Waals surface area contributed by atoms with Crippen molar-refractivity contribution in [3.63, 3.8) is 0 Å². The number of anilines is 1. The number of aromatic nitrogens is 2. The van der Waals surface area contributed by atoms with E-state index in [1.54, 1.807) is 24.4 Å². The highest BCUT2D eigenvalue weighted by Crippen LogP contribution is 2.24. The van der Waals surface area contributed by atoms with Crippen LogP contribution >= 0.6 is 0 Å². The van der Waals surface area contributed by atoms with E-state index in [0.29, 0.717) is 35.2 Å². The molecular weight excluding hydrogens is 318 g/mol. The third-order valence-electron chi connectivity index (χ3n) is 4.37. The zero-order valence-electron chi connectivity index (χ0n) is 15.4. The van der Waals surface area contributed by atoms with Gasteiger partial charge < -0.3 is 15.2 Å². The molecule has 0 atom stereocenters. The molecule has 1 heterocycles. The highest BCUT2D eigenvalue weighted by molar-refractivity contribution is 6.05. The standard InChI is InChI=1S/C19H27N3O3/c1-5-16(6-2)22-13(4)17(11-20-22)19(24)21-15-8-9-18(25-7-3)14(10-15)12-23/h8-11,16,23H,5-7,12H2,1-4H3,(H,21,24). The second kappa shape index (κ2) is 8.67. The van der Waals surface area contributed by atoms with E-state index in [4.69, 9.17) is 4.74 Å². The number of hydrogen-bond acceptors (Lipinski definition) is 4. The lowest BCUT2D eigenvalue weighted by atomic mass is 10.1. The fraction of sp³-hybridized carbons (Fsp3) is 0.474. The van der Waals surface area contributed by atoms with Crippen molar-refractivity contribution in [2.75, 3.05) is 11.9 Å². The van der Waals surface area contributed by atoms with Gasteiger partial charge in [-0.25, -0.2) is 0 Å². The van der Waals surface area contributed by atoms with Crippen LogP contribution in [0.25, 0.3) is 0 Å². The van der Waals surface area contributed by atoms with E-state index in [0.717, 1.165) is 18.5 Å². The molecule has 0 aliphatic rings. The smallest absolute Gasteiger partial charge is 0.259 e. The Morgan fingerprint density at radius 1 is 1.32 bits per heavy atom. The summed E-state index contributed by atoms with van der Waals surface area (Å²) < 4.78 is 7.38. The van der Waals surface area contributed by atoms with E-state index in [1.165, 1.54) is 0 Å². The lowest BCUT2D eigenvalue weighted by molar-refractivity contribution is 0.102. The lowest BCUT2D eigenvalue weighted by Gasteiger charge is -2.15. The molecule has 1 aromatic carbocycles. The second-order valence-electron chi connectivity index (χ2n) is 5.93. The minimum Gasteiger partial charge on any atom is -0.494 e. The van der Waals surface area contributed by atoms with Crippen molar-refractivity contribution in [3.8, 4) is 5.75 Å². The number of carbonyl (C=O) groups is 1. The maximum absolute atomic E-state index is 12.6. The van der Waals surface area contributed by atoms with Gasteiger partial charge in [0.15, 0.2) is 0 Å². The molecule has 0 aliphatic carbocycles. The number of nitrogens with one attached hydrogen (secondary N) is 1. The number of aliphatic hydroxyl groups excluding tert-OH is 1. The Hall–Kier alpha value is -2.34. The molecule has 0 fully saturated rings. The normalized spacial score (nSPS) is 11.0. The molecule has 0 saturated carbocycles. The maximum Gasteiger partial charge on any atom is 0.259 e. The van der Waals surface area contributed by atoms with Crippen LogP contribution in [0.15, 0.2) is 24.4 Å². The summed E-state index contributed by atoms with van der Waals surface area (Å²) in [6.07, 6.45) is 3.56. The van der Waals surface area contributed by atoms with Crippen LogP contribution in [0.2, 0.25) is 0 Å². The van der Waals surface area contributed by atoms with Gasteiger partial charge in [-0.3, -0.25) is 9.48 Å². The number of aliphatic hydroxyl groups is 1. The maximum atomic E-state index is 12.6. The molecule has 2 rings (SSSR count). The highest BCUT2D eigenvalue weighted by Gasteiger charge is 2.18. The molecule has 2 N–H and O–H groups in total. The summed E-state index contributed by atoms with van der Waals surface area (Å²) in [6.45, 7) is 8.41. The SMILES string of the molecule is CCOc1ccc(NC(=O)c2cnn(C(CC)CC)c2C)cc1CO. The van der Waals surface area contributed by atoms with Crippen molar-refractivity contribution in [2.24, 2.45) is 0 Å². The summed E-state index contributed by atoms with van der Waals surface area (Å²) in [5.41, 5.74) is 2.68. The number of amides is 1. The van der Waals surface area contributed by atoms with Crippen molar-refractivity contribution in [1.82, 2.24) is 9.78 Å². The summed E-state index contributed by atoms with van der Waals surface area (Å²) in [6, 6.07) is 5.55. The number of benzene rings is 1. The van der Waals surface area contributed by atoms with Crippen molar-refractivity contribution in [1.29, 1.82) is 0 Å². The molecule has 0 radical (unpaired) electrons. The van der Waals surface area contributed by atoms with E-state index >= 15 is 0 Å². The summed E-state index contributed by atoms with van der Waals surface area (Å²) in [5.74, 6) is 0.420. The van der Waals surface area contributed by atoms with Crippen LogP contribution in [0.3, 0.4) is 0 Å². The Morgan fingerprint density at radius 2 is 2.04 bits per heavy atom. The number of ether oxygens (including phenoxy) is 1. The summed E-state index contributed by atoms with van der Waals surface area (Å²) >= 11 is 0. The van der Waals surface area contributed by atoms with E-state index in [2.05, 4.69) is 24.3 Å². The first-order chi connectivity index (χ1) is 12.0. The average molecular weight is 345 g/mol. The molecular formula is C19H27N3O3. The number of nitrogens with zero attached hydrogens (tertiary/aromatic N) is 2. The first-order valence-electron chi connectivity index (χ1n) is 8.77. The van der Waals surface area contributed by atoms with Crippen molar-refractivity contribution in [3.05, 3.63) is 41.2 Å². The quantitative estimate of drug-likeness (QED) is 0.765. The van der Waals surface area contributed by atoms with Gasteiger partial charge in [0.2, 0.25) is 0 Å². The first-order valence-corrected chi connectivity index (χ1v) is 8.77. The van der Waals surface area contributed by atoms with E-state index < -0.39 is 0 Å². The van der Waals surface area contributed by atoms with Gasteiger partial charge in [-0.1, -0.05) is 13.8 Å². The lowest BCUT2D eigenvalue weighted by Crippen LogP contribution is -2.15. The van der Waals surface area contributed by atoms with Crippen LogP contribution in [0, 0.1) is 6.92 Å². The van der Waals surface area contributed by atoms with Gasteiger partial charge in [0, 0.05) is 16.9 Å². The Labute approximate surface area is 148 Å². The molecule has 0 spiro atoms. The number of hydrogen-bond donors (Lipinski definition) is 2. The molecule has 0 bridgehead atoms. The molecule has 0 unspecified atom stereocenters. The molecule has 0 aliphatic heterocycles. The minimum atomic E-state index is -0.206. The zero-order valence-corrected chi connectivity index (χ0v) is 15.4. The Morgan fingerprint density at radius 3 is 2.64 bits per heavy atom. The largest absolute Gasteiger partial charge is 0.494 e. The van der Waals surface area contributed by atoms with Gasteiger partial charge in [-0.05, 0) is 44.9 Å². The van der Waals surface area contributed by atoms with Crippen molar-refractivity contribution in [2.45, 2.75) is 53.2 Å². The predicted molar refractivity (Wildman–Crippen MR) is 98.1 cm³/mol. The van der Waals surface area contributed by atoms with Gasteiger partial charge in [0.25, 0.3) is 5.91 Å². The van der Waals surface area contributed by atoms with Crippen molar-refractivity contribution < 1.29 is 14.6 Å². The molecule has 136 valence electrons. The first kappa shape index (κ1) is 19.0. The number of carbonyl (C=O) groups excluding carboxylic acids is 1. The third-order valence-corrected chi connectivity index (χ3v) is 4.37. The van der Waals surface area contributed by atoms with Crippen LogP contribution in [-0.4, -0.2) is 27.4 Å². The molecule has 1 aromatic heterocycles. The molecule has 6 heteroatoms. The Kier molecular flexibility index (Phi) is 6.58. The van der Waals surface area contributed by atoms with Gasteiger partial charge in [0.05, 0.1) is 31.0 Å². The monoisotopic (exact) mass is 345 g/mol. The molecule has 2 aromatic rings. The van der Waals surface area contributed by atoms with E-state index in [-0.39, 0.29) is 12.5 Å². The molecule has 1 amide bonds. The van der Waals surface area contributed by atoms with Gasteiger partial charge in [0.1, 0.15) is 5.75 Å². The molecule has 25 heavy (non-hydrogen) atoms. The highest BCUT2D eigenvalue weighted by atomic mass is 16.5. The van der Waals surface area contributed by atoms with Crippen LogP contribution in [0.5, 0.6) is 5.75 Å². The third kappa shape index (κ3) is 4.20. The fourth-order valence-corrected chi connectivity index (χ4v) is 2.92. The summed E-state index contributed by atoms with van der Waals surface area (Å²) in [7, 11) is 0. The van der Waals surface area contributed by atoms with Crippen molar-refractivity contribution >= 4 is 11.6 Å². The Balaban J connectivity index is 2.20. The van der Waals surface area contributed by atoms with Gasteiger partial charge >= 0.3 is 0 Å². The van der Waals surface area contributed by atoms with E-state index in [1.807, 2.05) is 18.5 Å². The topological polar surface area (TPSA) is 76.4 Å². The summed E-state index contributed by atoms with van der Waals surface area (Å²) in [4.78, 5) is 12.6.